The van der Waals surface area contributed by atoms with E-state index in [1.54, 1.807) is 4.88 Å². The molecule has 2 aliphatic carbocycles. The Balaban J connectivity index is 1.46. The fourth-order valence-electron chi connectivity index (χ4n) is 4.94. The van der Waals surface area contributed by atoms with Crippen LogP contribution in [0.1, 0.15) is 124 Å². The van der Waals surface area contributed by atoms with Gasteiger partial charge >= 0.3 is 0 Å². The van der Waals surface area contributed by atoms with Crippen LogP contribution < -0.4 is 0 Å². The van der Waals surface area contributed by atoms with E-state index in [4.69, 9.17) is 4.98 Å². The maximum atomic E-state index is 5.16. The first-order chi connectivity index (χ1) is 12.9. The van der Waals surface area contributed by atoms with Crippen molar-refractivity contribution in [1.29, 1.82) is 0 Å². The highest BCUT2D eigenvalue weighted by Gasteiger charge is 2.21. The van der Waals surface area contributed by atoms with Gasteiger partial charge in [-0.2, -0.15) is 0 Å². The lowest BCUT2D eigenvalue weighted by Crippen LogP contribution is -2.01. The van der Waals surface area contributed by atoms with E-state index in [1.807, 2.05) is 22.7 Å². The summed E-state index contributed by atoms with van der Waals surface area (Å²) in [5.41, 5.74) is 0. The first kappa shape index (κ1) is 18.9. The molecule has 4 rings (SSSR count). The van der Waals surface area contributed by atoms with Crippen molar-refractivity contribution in [2.45, 2.75) is 115 Å². The van der Waals surface area contributed by atoms with E-state index in [9.17, 15) is 0 Å². The van der Waals surface area contributed by atoms with Gasteiger partial charge < -0.3 is 0 Å². The molecule has 2 saturated carbocycles. The summed E-state index contributed by atoms with van der Waals surface area (Å²) in [4.78, 5) is 8.14. The van der Waals surface area contributed by atoms with E-state index < -0.39 is 0 Å². The standard InChI is InChI=1S/C23H35NS2/c1-2-5-11-15-19(16-12-6-3-1)22-24-23-21(26-22)17-20(25-23)18-13-9-7-4-8-10-14-18/h17-19H,1-16H2. The fourth-order valence-corrected chi connectivity index (χ4v) is 7.51. The van der Waals surface area contributed by atoms with Gasteiger partial charge in [-0.05, 0) is 37.7 Å². The predicted octanol–water partition coefficient (Wildman–Crippen LogP) is 8.79. The van der Waals surface area contributed by atoms with Gasteiger partial charge in [0.15, 0.2) is 0 Å². The van der Waals surface area contributed by atoms with Crippen LogP contribution in [0, 0.1) is 0 Å². The summed E-state index contributed by atoms with van der Waals surface area (Å²) in [7, 11) is 0. The van der Waals surface area contributed by atoms with Gasteiger partial charge in [-0.15, -0.1) is 22.7 Å². The molecule has 3 heteroatoms. The summed E-state index contributed by atoms with van der Waals surface area (Å²) >= 11 is 4.05. The van der Waals surface area contributed by atoms with Crippen LogP contribution in [0.2, 0.25) is 0 Å². The first-order valence-electron chi connectivity index (χ1n) is 11.3. The second-order valence-corrected chi connectivity index (χ2v) is 10.8. The van der Waals surface area contributed by atoms with E-state index in [-0.39, 0.29) is 0 Å². The van der Waals surface area contributed by atoms with Crippen LogP contribution in [0.25, 0.3) is 9.53 Å². The quantitative estimate of drug-likeness (QED) is 0.500. The molecule has 0 saturated heterocycles. The number of hydrogen-bond acceptors (Lipinski definition) is 3. The summed E-state index contributed by atoms with van der Waals surface area (Å²) in [6, 6.07) is 2.52. The smallest absolute Gasteiger partial charge is 0.134 e. The van der Waals surface area contributed by atoms with Gasteiger partial charge in [-0.1, -0.05) is 77.0 Å². The zero-order valence-corrected chi connectivity index (χ0v) is 17.9. The summed E-state index contributed by atoms with van der Waals surface area (Å²) in [5.74, 6) is 1.56. The van der Waals surface area contributed by atoms with Crippen molar-refractivity contribution < 1.29 is 0 Å². The highest BCUT2D eigenvalue weighted by molar-refractivity contribution is 7.27. The molecule has 0 spiro atoms. The van der Waals surface area contributed by atoms with Crippen molar-refractivity contribution in [3.8, 4) is 0 Å². The number of fused-ring (bicyclic) bond motifs is 1. The largest absolute Gasteiger partial charge is 0.230 e. The molecule has 2 fully saturated rings. The Hall–Kier alpha value is -0.410. The van der Waals surface area contributed by atoms with Gasteiger partial charge in [0.2, 0.25) is 0 Å². The minimum Gasteiger partial charge on any atom is -0.230 e. The number of nitrogens with zero attached hydrogens (tertiary/aromatic N) is 1. The third-order valence-electron chi connectivity index (χ3n) is 6.59. The van der Waals surface area contributed by atoms with Crippen molar-refractivity contribution in [2.24, 2.45) is 0 Å². The van der Waals surface area contributed by atoms with Gasteiger partial charge in [-0.3, -0.25) is 0 Å². The van der Waals surface area contributed by atoms with Crippen LogP contribution in [0.4, 0.5) is 0 Å². The zero-order valence-electron chi connectivity index (χ0n) is 16.3. The summed E-state index contributed by atoms with van der Waals surface area (Å²) < 4.78 is 1.49. The average molecular weight is 390 g/mol. The Kier molecular flexibility index (Phi) is 7.05. The topological polar surface area (TPSA) is 12.9 Å². The fraction of sp³-hybridized carbons (Fsp3) is 0.783. The lowest BCUT2D eigenvalue weighted by Gasteiger charge is -2.18. The molecule has 2 heterocycles. The van der Waals surface area contributed by atoms with Crippen LogP contribution >= 0.6 is 22.7 Å². The predicted molar refractivity (Wildman–Crippen MR) is 117 cm³/mol. The Bertz CT molecular complexity index is 621. The van der Waals surface area contributed by atoms with E-state index >= 15 is 0 Å². The molecule has 0 aromatic carbocycles. The molecule has 0 amide bonds. The van der Waals surface area contributed by atoms with Gasteiger partial charge in [0.1, 0.15) is 4.83 Å². The van der Waals surface area contributed by atoms with E-state index in [0.717, 1.165) is 11.8 Å². The highest BCUT2D eigenvalue weighted by Crippen LogP contribution is 2.42. The number of thiophene rings is 1. The van der Waals surface area contributed by atoms with Crippen molar-refractivity contribution in [3.05, 3.63) is 16.0 Å². The summed E-state index contributed by atoms with van der Waals surface area (Å²) in [6.07, 6.45) is 22.8. The molecule has 2 aromatic rings. The van der Waals surface area contributed by atoms with Crippen LogP contribution in [-0.4, -0.2) is 4.98 Å². The molecule has 144 valence electrons. The maximum Gasteiger partial charge on any atom is 0.134 e. The first-order valence-corrected chi connectivity index (χ1v) is 12.9. The molecule has 1 nitrogen and oxygen atoms in total. The summed E-state index contributed by atoms with van der Waals surface area (Å²) in [5, 5.41) is 1.45. The number of thiazole rings is 1. The lowest BCUT2D eigenvalue weighted by molar-refractivity contribution is 0.459. The number of hydrogen-bond donors (Lipinski definition) is 0. The third-order valence-corrected chi connectivity index (χ3v) is 9.07. The molecular weight excluding hydrogens is 354 g/mol. The Labute approximate surface area is 167 Å². The van der Waals surface area contributed by atoms with Crippen molar-refractivity contribution in [3.63, 3.8) is 0 Å². The number of aromatic nitrogens is 1. The van der Waals surface area contributed by atoms with Crippen LogP contribution in [0.3, 0.4) is 0 Å². The van der Waals surface area contributed by atoms with Crippen LogP contribution in [0.5, 0.6) is 0 Å². The second-order valence-electron chi connectivity index (χ2n) is 8.66. The molecule has 0 unspecified atom stereocenters. The van der Waals surface area contributed by atoms with Gasteiger partial charge in [0.25, 0.3) is 0 Å². The van der Waals surface area contributed by atoms with Gasteiger partial charge in [0, 0.05) is 10.8 Å². The molecule has 0 bridgehead atoms. The minimum atomic E-state index is 0.738. The number of rotatable bonds is 2. The molecule has 2 aliphatic rings. The summed E-state index contributed by atoms with van der Waals surface area (Å²) in [6.45, 7) is 0. The average Bonchev–Trinajstić information content (AvgIpc) is 3.18. The molecule has 2 aromatic heterocycles. The molecule has 26 heavy (non-hydrogen) atoms. The van der Waals surface area contributed by atoms with E-state index in [0.29, 0.717) is 0 Å². The normalized spacial score (nSPS) is 22.9. The second kappa shape index (κ2) is 9.68. The van der Waals surface area contributed by atoms with E-state index in [2.05, 4.69) is 6.07 Å². The van der Waals surface area contributed by atoms with Gasteiger partial charge in [-0.25, -0.2) is 4.98 Å². The SMILES string of the molecule is c1c(C2CCCCCCC2)sc2nc(C3CCCCCCCCC3)sc12. The van der Waals surface area contributed by atoms with Crippen molar-refractivity contribution >= 4 is 32.2 Å². The zero-order chi connectivity index (χ0) is 17.6. The highest BCUT2D eigenvalue weighted by atomic mass is 32.1. The Morgan fingerprint density at radius 2 is 1.12 bits per heavy atom. The third kappa shape index (κ3) is 4.90. The molecule has 0 aliphatic heterocycles. The molecule has 0 N–H and O–H groups in total. The molecule has 0 atom stereocenters. The lowest BCUT2D eigenvalue weighted by atomic mass is 9.90. The van der Waals surface area contributed by atoms with E-state index in [1.165, 1.54) is 117 Å². The van der Waals surface area contributed by atoms with Crippen LogP contribution in [-0.2, 0) is 0 Å². The molecular formula is C23H35NS2. The Morgan fingerprint density at radius 1 is 0.615 bits per heavy atom. The monoisotopic (exact) mass is 389 g/mol. The Morgan fingerprint density at radius 3 is 1.65 bits per heavy atom. The van der Waals surface area contributed by atoms with Crippen LogP contribution in [0.15, 0.2) is 6.07 Å². The minimum absolute atomic E-state index is 0.738. The molecule has 0 radical (unpaired) electrons. The maximum absolute atomic E-state index is 5.16. The van der Waals surface area contributed by atoms with Crippen molar-refractivity contribution in [2.75, 3.05) is 0 Å². The van der Waals surface area contributed by atoms with Gasteiger partial charge in [0.05, 0.1) is 9.71 Å². The van der Waals surface area contributed by atoms with Crippen molar-refractivity contribution in [1.82, 2.24) is 4.98 Å².